The van der Waals surface area contributed by atoms with Gasteiger partial charge in [0.15, 0.2) is 5.78 Å². The highest BCUT2D eigenvalue weighted by molar-refractivity contribution is 5.91. The summed E-state index contributed by atoms with van der Waals surface area (Å²) in [7, 11) is 0. The van der Waals surface area contributed by atoms with E-state index in [1.807, 2.05) is 35.2 Å². The SMILES string of the molecule is CC1(C)CC(=O)C=C(NCCN2CCN(C(=O)Nc3ccccc3)CC2)C1. The van der Waals surface area contributed by atoms with Gasteiger partial charge >= 0.3 is 6.03 Å². The molecule has 2 N–H and O–H groups in total. The Labute approximate surface area is 161 Å². The Morgan fingerprint density at radius 2 is 1.78 bits per heavy atom. The van der Waals surface area contributed by atoms with Gasteiger partial charge in [-0.3, -0.25) is 9.69 Å². The van der Waals surface area contributed by atoms with Crippen LogP contribution in [0.4, 0.5) is 10.5 Å². The molecule has 1 aromatic carbocycles. The number of anilines is 1. The van der Waals surface area contributed by atoms with Crippen LogP contribution in [0.1, 0.15) is 26.7 Å². The van der Waals surface area contributed by atoms with E-state index >= 15 is 0 Å². The molecule has 1 fully saturated rings. The van der Waals surface area contributed by atoms with Crippen molar-refractivity contribution < 1.29 is 9.59 Å². The molecule has 6 nitrogen and oxygen atoms in total. The van der Waals surface area contributed by atoms with Crippen LogP contribution >= 0.6 is 0 Å². The molecule has 1 aliphatic heterocycles. The standard InChI is InChI=1S/C21H30N4O2/c1-21(2)15-18(14-19(26)16-21)22-8-9-24-10-12-25(13-11-24)20(27)23-17-6-4-3-5-7-17/h3-7,14,22H,8-13,15-16H2,1-2H3,(H,23,27). The topological polar surface area (TPSA) is 64.7 Å². The van der Waals surface area contributed by atoms with E-state index in [9.17, 15) is 9.59 Å². The van der Waals surface area contributed by atoms with Crippen molar-refractivity contribution in [1.29, 1.82) is 0 Å². The molecule has 146 valence electrons. The fourth-order valence-corrected chi connectivity index (χ4v) is 3.73. The highest BCUT2D eigenvalue weighted by atomic mass is 16.2. The molecule has 6 heteroatoms. The van der Waals surface area contributed by atoms with Gasteiger partial charge < -0.3 is 15.5 Å². The number of allylic oxidation sites excluding steroid dienone is 2. The minimum Gasteiger partial charge on any atom is -0.387 e. The smallest absolute Gasteiger partial charge is 0.321 e. The zero-order chi connectivity index (χ0) is 19.3. The minimum absolute atomic E-state index is 0.0351. The number of piperazine rings is 1. The van der Waals surface area contributed by atoms with Crippen molar-refractivity contribution in [2.45, 2.75) is 26.7 Å². The van der Waals surface area contributed by atoms with Crippen molar-refractivity contribution >= 4 is 17.5 Å². The molecule has 0 bridgehead atoms. The third-order valence-corrected chi connectivity index (χ3v) is 5.12. The first-order chi connectivity index (χ1) is 12.9. The number of carbonyl (C=O) groups is 2. The summed E-state index contributed by atoms with van der Waals surface area (Å²) < 4.78 is 0. The lowest BCUT2D eigenvalue weighted by Gasteiger charge is -2.35. The molecule has 27 heavy (non-hydrogen) atoms. The zero-order valence-electron chi connectivity index (χ0n) is 16.3. The summed E-state index contributed by atoms with van der Waals surface area (Å²) in [6, 6.07) is 9.51. The van der Waals surface area contributed by atoms with E-state index in [4.69, 9.17) is 0 Å². The molecule has 0 atom stereocenters. The van der Waals surface area contributed by atoms with Gasteiger partial charge in [-0.25, -0.2) is 4.79 Å². The summed E-state index contributed by atoms with van der Waals surface area (Å²) in [5.41, 5.74) is 1.93. The molecule has 2 amide bonds. The van der Waals surface area contributed by atoms with Gasteiger partial charge in [0.05, 0.1) is 0 Å². The molecule has 2 aliphatic rings. The molecule has 0 saturated carbocycles. The zero-order valence-corrected chi connectivity index (χ0v) is 16.3. The maximum absolute atomic E-state index is 12.3. The number of hydrogen-bond acceptors (Lipinski definition) is 4. The first kappa shape index (κ1) is 19.4. The molecule has 0 unspecified atom stereocenters. The Kier molecular flexibility index (Phi) is 6.16. The predicted molar refractivity (Wildman–Crippen MR) is 108 cm³/mol. The van der Waals surface area contributed by atoms with Gasteiger partial charge in [0.1, 0.15) is 0 Å². The Bertz CT molecular complexity index is 691. The summed E-state index contributed by atoms with van der Waals surface area (Å²) in [6.07, 6.45) is 3.31. The van der Waals surface area contributed by atoms with Crippen molar-refractivity contribution in [3.05, 3.63) is 42.1 Å². The Balaban J connectivity index is 1.37. The number of amides is 2. The highest BCUT2D eigenvalue weighted by Crippen LogP contribution is 2.32. The summed E-state index contributed by atoms with van der Waals surface area (Å²) in [4.78, 5) is 28.4. The summed E-state index contributed by atoms with van der Waals surface area (Å²) >= 11 is 0. The summed E-state index contributed by atoms with van der Waals surface area (Å²) in [5, 5.41) is 6.37. The van der Waals surface area contributed by atoms with Gasteiger partial charge in [-0.1, -0.05) is 32.0 Å². The van der Waals surface area contributed by atoms with Gasteiger partial charge in [0.2, 0.25) is 0 Å². The largest absolute Gasteiger partial charge is 0.387 e. The molecule has 0 aromatic heterocycles. The number of urea groups is 1. The van der Waals surface area contributed by atoms with E-state index in [1.165, 1.54) is 0 Å². The molecule has 3 rings (SSSR count). The lowest BCUT2D eigenvalue weighted by molar-refractivity contribution is -0.117. The monoisotopic (exact) mass is 370 g/mol. The number of benzene rings is 1. The second-order valence-corrected chi connectivity index (χ2v) is 8.21. The molecule has 1 saturated heterocycles. The average molecular weight is 370 g/mol. The van der Waals surface area contributed by atoms with Crippen LogP contribution in [-0.2, 0) is 4.79 Å². The molecular weight excluding hydrogens is 340 g/mol. The first-order valence-corrected chi connectivity index (χ1v) is 9.72. The van der Waals surface area contributed by atoms with Crippen LogP contribution in [-0.4, -0.2) is 60.9 Å². The number of rotatable bonds is 5. The molecular formula is C21H30N4O2. The third-order valence-electron chi connectivity index (χ3n) is 5.12. The normalized spacial score (nSPS) is 20.1. The first-order valence-electron chi connectivity index (χ1n) is 9.72. The maximum Gasteiger partial charge on any atom is 0.321 e. The van der Waals surface area contributed by atoms with Gasteiger partial charge in [-0.15, -0.1) is 0 Å². The Morgan fingerprint density at radius 1 is 1.07 bits per heavy atom. The van der Waals surface area contributed by atoms with Gasteiger partial charge in [-0.05, 0) is 24.0 Å². The van der Waals surface area contributed by atoms with Crippen LogP contribution in [0.15, 0.2) is 42.1 Å². The van der Waals surface area contributed by atoms with Crippen LogP contribution in [0.5, 0.6) is 0 Å². The number of ketones is 1. The van der Waals surface area contributed by atoms with Crippen LogP contribution in [0, 0.1) is 5.41 Å². The number of carbonyl (C=O) groups excluding carboxylic acids is 2. The maximum atomic E-state index is 12.3. The lowest BCUT2D eigenvalue weighted by atomic mass is 9.79. The van der Waals surface area contributed by atoms with Crippen LogP contribution in [0.3, 0.4) is 0 Å². The van der Waals surface area contributed by atoms with E-state index in [0.29, 0.717) is 6.42 Å². The second kappa shape index (κ2) is 8.57. The van der Waals surface area contributed by atoms with Crippen LogP contribution in [0.2, 0.25) is 0 Å². The second-order valence-electron chi connectivity index (χ2n) is 8.21. The Morgan fingerprint density at radius 3 is 2.44 bits per heavy atom. The van der Waals surface area contributed by atoms with Crippen molar-refractivity contribution in [2.75, 3.05) is 44.6 Å². The van der Waals surface area contributed by atoms with Crippen LogP contribution in [0.25, 0.3) is 0 Å². The van der Waals surface area contributed by atoms with E-state index < -0.39 is 0 Å². The predicted octanol–water partition coefficient (Wildman–Crippen LogP) is 2.70. The quantitative estimate of drug-likeness (QED) is 0.836. The van der Waals surface area contributed by atoms with Crippen molar-refractivity contribution in [2.24, 2.45) is 5.41 Å². The van der Waals surface area contributed by atoms with E-state index in [-0.39, 0.29) is 17.2 Å². The minimum atomic E-state index is -0.0351. The number of nitrogens with one attached hydrogen (secondary N) is 2. The number of hydrogen-bond donors (Lipinski definition) is 2. The fourth-order valence-electron chi connectivity index (χ4n) is 3.73. The average Bonchev–Trinajstić information content (AvgIpc) is 2.61. The summed E-state index contributed by atoms with van der Waals surface area (Å²) in [5.74, 6) is 0.215. The van der Waals surface area contributed by atoms with Gasteiger partial charge in [0.25, 0.3) is 0 Å². The molecule has 0 spiro atoms. The van der Waals surface area contributed by atoms with Crippen molar-refractivity contribution in [1.82, 2.24) is 15.1 Å². The summed E-state index contributed by atoms with van der Waals surface area (Å²) in [6.45, 7) is 9.21. The number of para-hydroxylation sites is 1. The van der Waals surface area contributed by atoms with Crippen molar-refractivity contribution in [3.8, 4) is 0 Å². The van der Waals surface area contributed by atoms with E-state index in [2.05, 4.69) is 29.4 Å². The van der Waals surface area contributed by atoms with E-state index in [0.717, 1.165) is 57.1 Å². The third kappa shape index (κ3) is 5.82. The molecule has 1 aromatic rings. The fraction of sp³-hybridized carbons (Fsp3) is 0.524. The highest BCUT2D eigenvalue weighted by Gasteiger charge is 2.27. The van der Waals surface area contributed by atoms with E-state index in [1.54, 1.807) is 6.08 Å². The van der Waals surface area contributed by atoms with Gasteiger partial charge in [-0.2, -0.15) is 0 Å². The van der Waals surface area contributed by atoms with Crippen molar-refractivity contribution in [3.63, 3.8) is 0 Å². The molecule has 1 heterocycles. The Hall–Kier alpha value is -2.34. The molecule has 1 aliphatic carbocycles. The van der Waals surface area contributed by atoms with Crippen LogP contribution < -0.4 is 10.6 Å². The van der Waals surface area contributed by atoms with Gasteiger partial charge in [0, 0.05) is 63.1 Å². The lowest BCUT2D eigenvalue weighted by Crippen LogP contribution is -2.51. The molecule has 0 radical (unpaired) electrons. The number of nitrogens with zero attached hydrogens (tertiary/aromatic N) is 2.